The van der Waals surface area contributed by atoms with Crippen LogP contribution in [0.1, 0.15) is 67.7 Å². The average Bonchev–Trinajstić information content (AvgIpc) is 2.26. The van der Waals surface area contributed by atoms with Crippen molar-refractivity contribution in [1.82, 2.24) is 10.6 Å². The van der Waals surface area contributed by atoms with Crippen LogP contribution in [0.15, 0.2) is 0 Å². The van der Waals surface area contributed by atoms with E-state index in [9.17, 15) is 4.79 Å². The van der Waals surface area contributed by atoms with E-state index in [1.54, 1.807) is 0 Å². The van der Waals surface area contributed by atoms with Crippen LogP contribution in [0.5, 0.6) is 0 Å². The van der Waals surface area contributed by atoms with Gasteiger partial charge in [-0.2, -0.15) is 0 Å². The van der Waals surface area contributed by atoms with E-state index in [-0.39, 0.29) is 11.3 Å². The van der Waals surface area contributed by atoms with Crippen LogP contribution in [-0.2, 0) is 4.79 Å². The number of amides is 1. The summed E-state index contributed by atoms with van der Waals surface area (Å²) in [7, 11) is 0. The molecule has 3 nitrogen and oxygen atoms in total. The number of hydrogen-bond acceptors (Lipinski definition) is 2. The van der Waals surface area contributed by atoms with Crippen LogP contribution >= 0.6 is 0 Å². The molecule has 0 saturated heterocycles. The van der Waals surface area contributed by atoms with E-state index in [4.69, 9.17) is 0 Å². The quantitative estimate of drug-likeness (QED) is 0.674. The Morgan fingerprint density at radius 3 is 2.16 bits per heavy atom. The molecule has 0 heterocycles. The van der Waals surface area contributed by atoms with Gasteiger partial charge in [-0.15, -0.1) is 0 Å². The molecule has 0 radical (unpaired) electrons. The molecule has 3 heteroatoms. The van der Waals surface area contributed by atoms with E-state index >= 15 is 0 Å². The first-order valence-corrected chi connectivity index (χ1v) is 7.70. The fourth-order valence-corrected chi connectivity index (χ4v) is 2.62. The first-order chi connectivity index (χ1) is 8.67. The highest BCUT2D eigenvalue weighted by atomic mass is 16.2. The molecular formula is C16H34N2O. The summed E-state index contributed by atoms with van der Waals surface area (Å²) in [6.45, 7) is 16.6. The van der Waals surface area contributed by atoms with E-state index in [1.165, 1.54) is 12.8 Å². The number of nitrogens with one attached hydrogen (secondary N) is 2. The molecule has 114 valence electrons. The molecule has 2 N–H and O–H groups in total. The predicted molar refractivity (Wildman–Crippen MR) is 83.2 cm³/mol. The van der Waals surface area contributed by atoms with Crippen molar-refractivity contribution in [2.75, 3.05) is 13.1 Å². The van der Waals surface area contributed by atoms with Crippen LogP contribution in [0.3, 0.4) is 0 Å². The normalized spacial score (nSPS) is 15.4. The molecule has 0 rings (SSSR count). The van der Waals surface area contributed by atoms with Crippen LogP contribution in [-0.4, -0.2) is 24.5 Å². The molecule has 1 amide bonds. The van der Waals surface area contributed by atoms with Gasteiger partial charge in [-0.1, -0.05) is 41.0 Å². The van der Waals surface area contributed by atoms with E-state index < -0.39 is 5.54 Å². The lowest BCUT2D eigenvalue weighted by Gasteiger charge is -2.35. The van der Waals surface area contributed by atoms with Gasteiger partial charge in [0.25, 0.3) is 0 Å². The molecule has 0 fully saturated rings. The Balaban J connectivity index is 4.72. The molecule has 0 aromatic heterocycles. The van der Waals surface area contributed by atoms with Crippen molar-refractivity contribution in [3.05, 3.63) is 0 Å². The van der Waals surface area contributed by atoms with E-state index in [2.05, 4.69) is 45.3 Å². The van der Waals surface area contributed by atoms with Crippen molar-refractivity contribution < 1.29 is 4.79 Å². The van der Waals surface area contributed by atoms with Gasteiger partial charge in [-0.25, -0.2) is 0 Å². The summed E-state index contributed by atoms with van der Waals surface area (Å²) in [5.74, 6) is 0.616. The Hall–Kier alpha value is -0.570. The minimum Gasteiger partial charge on any atom is -0.355 e. The average molecular weight is 270 g/mol. The first kappa shape index (κ1) is 18.4. The van der Waals surface area contributed by atoms with E-state index in [0.29, 0.717) is 12.5 Å². The van der Waals surface area contributed by atoms with Crippen LogP contribution in [0.2, 0.25) is 0 Å². The second-order valence-electron chi connectivity index (χ2n) is 7.06. The monoisotopic (exact) mass is 270 g/mol. The minimum absolute atomic E-state index is 0.121. The highest BCUT2D eigenvalue weighted by molar-refractivity contribution is 5.85. The lowest BCUT2D eigenvalue weighted by Crippen LogP contribution is -2.57. The van der Waals surface area contributed by atoms with E-state index in [1.807, 2.05) is 13.8 Å². The van der Waals surface area contributed by atoms with Crippen LogP contribution in [0.25, 0.3) is 0 Å². The molecule has 0 aromatic rings. The Morgan fingerprint density at radius 1 is 1.16 bits per heavy atom. The largest absolute Gasteiger partial charge is 0.355 e. The van der Waals surface area contributed by atoms with Gasteiger partial charge in [0, 0.05) is 13.1 Å². The fourth-order valence-electron chi connectivity index (χ4n) is 2.62. The maximum Gasteiger partial charge on any atom is 0.240 e. The standard InChI is InChI=1S/C16H34N2O/c1-8-10-15(5,6)12-18-16(7,11-13(3)4)14(19)17-9-2/h13,18H,8-12H2,1-7H3,(H,17,19). The fraction of sp³-hybridized carbons (Fsp3) is 0.938. The molecular weight excluding hydrogens is 236 g/mol. The number of likely N-dealkylation sites (N-methyl/N-ethyl adjacent to an activating group) is 1. The third-order valence-corrected chi connectivity index (χ3v) is 3.54. The molecule has 0 aliphatic heterocycles. The third kappa shape index (κ3) is 6.95. The Labute approximate surface area is 119 Å². The summed E-state index contributed by atoms with van der Waals surface area (Å²) in [6, 6.07) is 0. The van der Waals surface area contributed by atoms with Crippen molar-refractivity contribution in [3.63, 3.8) is 0 Å². The summed E-state index contributed by atoms with van der Waals surface area (Å²) in [6.07, 6.45) is 3.21. The topological polar surface area (TPSA) is 41.1 Å². The smallest absolute Gasteiger partial charge is 0.240 e. The first-order valence-electron chi connectivity index (χ1n) is 7.70. The van der Waals surface area contributed by atoms with Gasteiger partial charge in [0.15, 0.2) is 0 Å². The molecule has 0 spiro atoms. The van der Waals surface area contributed by atoms with Gasteiger partial charge in [-0.3, -0.25) is 4.79 Å². The summed E-state index contributed by atoms with van der Waals surface area (Å²) >= 11 is 0. The van der Waals surface area contributed by atoms with Gasteiger partial charge in [-0.05, 0) is 38.0 Å². The van der Waals surface area contributed by atoms with Crippen LogP contribution in [0.4, 0.5) is 0 Å². The Bertz CT molecular complexity index is 274. The summed E-state index contributed by atoms with van der Waals surface area (Å²) in [5, 5.41) is 6.48. The predicted octanol–water partition coefficient (Wildman–Crippen LogP) is 3.34. The zero-order chi connectivity index (χ0) is 15.1. The van der Waals surface area contributed by atoms with E-state index in [0.717, 1.165) is 13.0 Å². The number of carbonyl (C=O) groups is 1. The number of rotatable bonds is 9. The van der Waals surface area contributed by atoms with Crippen molar-refractivity contribution in [2.45, 2.75) is 73.3 Å². The maximum atomic E-state index is 12.3. The second kappa shape index (κ2) is 7.88. The highest BCUT2D eigenvalue weighted by Crippen LogP contribution is 2.24. The number of hydrogen-bond donors (Lipinski definition) is 2. The van der Waals surface area contributed by atoms with Crippen LogP contribution < -0.4 is 10.6 Å². The van der Waals surface area contributed by atoms with Crippen molar-refractivity contribution in [2.24, 2.45) is 11.3 Å². The molecule has 1 unspecified atom stereocenters. The van der Waals surface area contributed by atoms with Crippen molar-refractivity contribution >= 4 is 5.91 Å². The summed E-state index contributed by atoms with van der Waals surface area (Å²) < 4.78 is 0. The van der Waals surface area contributed by atoms with Crippen molar-refractivity contribution in [3.8, 4) is 0 Å². The molecule has 19 heavy (non-hydrogen) atoms. The molecule has 1 atom stereocenters. The Morgan fingerprint density at radius 2 is 1.74 bits per heavy atom. The SMILES string of the molecule is CCCC(C)(C)CNC(C)(CC(C)C)C(=O)NCC. The zero-order valence-corrected chi connectivity index (χ0v) is 14.0. The molecule has 0 saturated carbocycles. The van der Waals surface area contributed by atoms with Gasteiger partial charge >= 0.3 is 0 Å². The van der Waals surface area contributed by atoms with Gasteiger partial charge < -0.3 is 10.6 Å². The lowest BCUT2D eigenvalue weighted by atomic mass is 9.84. The molecule has 0 bridgehead atoms. The number of carbonyl (C=O) groups excluding carboxylic acids is 1. The molecule has 0 aliphatic rings. The zero-order valence-electron chi connectivity index (χ0n) is 14.0. The molecule has 0 aliphatic carbocycles. The second-order valence-corrected chi connectivity index (χ2v) is 7.06. The summed E-state index contributed by atoms with van der Waals surface area (Å²) in [4.78, 5) is 12.3. The minimum atomic E-state index is -0.463. The highest BCUT2D eigenvalue weighted by Gasteiger charge is 2.34. The maximum absolute atomic E-state index is 12.3. The van der Waals surface area contributed by atoms with Gasteiger partial charge in [0.05, 0.1) is 5.54 Å². The molecule has 0 aromatic carbocycles. The van der Waals surface area contributed by atoms with Crippen LogP contribution in [0, 0.1) is 11.3 Å². The Kier molecular flexibility index (Phi) is 7.65. The third-order valence-electron chi connectivity index (χ3n) is 3.54. The van der Waals surface area contributed by atoms with Gasteiger partial charge in [0.1, 0.15) is 0 Å². The summed E-state index contributed by atoms with van der Waals surface area (Å²) in [5.41, 5.74) is -0.228. The lowest BCUT2D eigenvalue weighted by molar-refractivity contribution is -0.127. The van der Waals surface area contributed by atoms with Gasteiger partial charge in [0.2, 0.25) is 5.91 Å². The van der Waals surface area contributed by atoms with Crippen molar-refractivity contribution in [1.29, 1.82) is 0 Å².